The fourth-order valence-electron chi connectivity index (χ4n) is 4.75. The van der Waals surface area contributed by atoms with Gasteiger partial charge in [0.2, 0.25) is 6.79 Å². The average molecular weight is 593 g/mol. The Kier molecular flexibility index (Phi) is 6.76. The first kappa shape index (κ1) is 26.6. The number of carboxylic acid groups (broad SMARTS) is 1. The van der Waals surface area contributed by atoms with Gasteiger partial charge in [0.15, 0.2) is 16.3 Å². The lowest BCUT2D eigenvalue weighted by atomic mass is 9.95. The highest BCUT2D eigenvalue weighted by Gasteiger charge is 2.34. The van der Waals surface area contributed by atoms with E-state index in [2.05, 4.69) is 4.99 Å². The molecule has 0 saturated heterocycles. The average Bonchev–Trinajstić information content (AvgIpc) is 3.67. The van der Waals surface area contributed by atoms with Crippen molar-refractivity contribution >= 4 is 41.0 Å². The van der Waals surface area contributed by atoms with Gasteiger partial charge < -0.3 is 23.7 Å². The number of halogens is 1. The molecule has 0 bridgehead atoms. The number of carboxylic acids is 1. The SMILES string of the molecule is CCOC(=O)C1=C(C)N=c2s/c(=C\c3ccc(-c4ccc(Cl)c(C(=O)O)c4)o3)c(=O)n2[C@@H]1c1ccc2c(c1)OCO2. The molecule has 0 amide bonds. The highest BCUT2D eigenvalue weighted by atomic mass is 35.5. The molecular formula is C29H21ClN2O8S. The Bertz CT molecular complexity index is 1950. The van der Waals surface area contributed by atoms with Gasteiger partial charge in [-0.15, -0.1) is 0 Å². The molecule has 10 nitrogen and oxygen atoms in total. The summed E-state index contributed by atoms with van der Waals surface area (Å²) in [6.45, 7) is 3.67. The maximum atomic E-state index is 13.8. The highest BCUT2D eigenvalue weighted by Crippen LogP contribution is 2.38. The zero-order valence-electron chi connectivity index (χ0n) is 21.7. The van der Waals surface area contributed by atoms with Gasteiger partial charge in [-0.1, -0.05) is 29.0 Å². The number of aromatic nitrogens is 1. The van der Waals surface area contributed by atoms with Gasteiger partial charge in [0, 0.05) is 11.6 Å². The fraction of sp³-hybridized carbons (Fsp3) is 0.172. The molecular weight excluding hydrogens is 572 g/mol. The van der Waals surface area contributed by atoms with Crippen molar-refractivity contribution in [1.82, 2.24) is 4.57 Å². The minimum atomic E-state index is -1.15. The Morgan fingerprint density at radius 2 is 1.98 bits per heavy atom. The molecule has 2 aliphatic rings. The molecule has 6 rings (SSSR count). The summed E-state index contributed by atoms with van der Waals surface area (Å²) in [6.07, 6.45) is 1.58. The zero-order valence-corrected chi connectivity index (χ0v) is 23.2. The van der Waals surface area contributed by atoms with Crippen molar-refractivity contribution in [3.63, 3.8) is 0 Å². The predicted molar refractivity (Wildman–Crippen MR) is 149 cm³/mol. The largest absolute Gasteiger partial charge is 0.478 e. The van der Waals surface area contributed by atoms with Crippen molar-refractivity contribution in [2.75, 3.05) is 13.4 Å². The lowest BCUT2D eigenvalue weighted by molar-refractivity contribution is -0.139. The molecule has 2 aromatic heterocycles. The summed E-state index contributed by atoms with van der Waals surface area (Å²) in [6, 6.07) is 12.4. The quantitative estimate of drug-likeness (QED) is 0.331. The van der Waals surface area contributed by atoms with Crippen LogP contribution in [0.15, 0.2) is 74.0 Å². The van der Waals surface area contributed by atoms with Crippen molar-refractivity contribution in [2.45, 2.75) is 19.9 Å². The lowest BCUT2D eigenvalue weighted by Crippen LogP contribution is -2.39. The second-order valence-electron chi connectivity index (χ2n) is 9.12. The highest BCUT2D eigenvalue weighted by molar-refractivity contribution is 7.07. The molecule has 0 saturated carbocycles. The van der Waals surface area contributed by atoms with E-state index in [1.807, 2.05) is 0 Å². The van der Waals surface area contributed by atoms with Crippen LogP contribution in [0.25, 0.3) is 17.4 Å². The topological polar surface area (TPSA) is 130 Å². The van der Waals surface area contributed by atoms with Gasteiger partial charge in [-0.2, -0.15) is 0 Å². The molecule has 0 radical (unpaired) electrons. The number of allylic oxidation sites excluding steroid dienone is 1. The summed E-state index contributed by atoms with van der Waals surface area (Å²) < 4.78 is 24.0. The van der Waals surface area contributed by atoms with E-state index >= 15 is 0 Å². The number of hydrogen-bond donors (Lipinski definition) is 1. The molecule has 2 aliphatic heterocycles. The molecule has 2 aromatic carbocycles. The number of ether oxygens (including phenoxy) is 3. The minimum absolute atomic E-state index is 0.0493. The van der Waals surface area contributed by atoms with Gasteiger partial charge >= 0.3 is 11.9 Å². The van der Waals surface area contributed by atoms with E-state index in [1.54, 1.807) is 56.3 Å². The van der Waals surface area contributed by atoms with Crippen LogP contribution in [0.4, 0.5) is 0 Å². The smallest absolute Gasteiger partial charge is 0.338 e. The number of nitrogens with zero attached hydrogens (tertiary/aromatic N) is 2. The van der Waals surface area contributed by atoms with Crippen LogP contribution in [0.2, 0.25) is 5.02 Å². The van der Waals surface area contributed by atoms with Crippen molar-refractivity contribution < 1.29 is 33.3 Å². The summed E-state index contributed by atoms with van der Waals surface area (Å²) in [5, 5.41) is 9.50. The molecule has 0 fully saturated rings. The van der Waals surface area contributed by atoms with E-state index in [0.717, 1.165) is 11.3 Å². The van der Waals surface area contributed by atoms with E-state index in [4.69, 9.17) is 30.2 Å². The van der Waals surface area contributed by atoms with E-state index in [0.29, 0.717) is 49.2 Å². The third-order valence-corrected chi connectivity index (χ3v) is 7.92. The Morgan fingerprint density at radius 1 is 1.17 bits per heavy atom. The fourth-order valence-corrected chi connectivity index (χ4v) is 5.97. The molecule has 1 atom stereocenters. The maximum Gasteiger partial charge on any atom is 0.338 e. The Labute approximate surface area is 241 Å². The van der Waals surface area contributed by atoms with Gasteiger partial charge in [-0.05, 0) is 61.9 Å². The van der Waals surface area contributed by atoms with Crippen molar-refractivity contribution in [3.05, 3.63) is 101 Å². The Morgan fingerprint density at radius 3 is 2.76 bits per heavy atom. The van der Waals surface area contributed by atoms with Crippen LogP contribution in [-0.2, 0) is 9.53 Å². The van der Waals surface area contributed by atoms with Crippen LogP contribution in [0.1, 0.15) is 41.6 Å². The van der Waals surface area contributed by atoms with Crippen LogP contribution < -0.4 is 24.4 Å². The number of carbonyl (C=O) groups excluding carboxylic acids is 1. The molecule has 4 aromatic rings. The summed E-state index contributed by atoms with van der Waals surface area (Å²) in [5.74, 6) is 0.146. The van der Waals surface area contributed by atoms with E-state index in [1.165, 1.54) is 16.7 Å². The Balaban J connectivity index is 1.45. The van der Waals surface area contributed by atoms with Gasteiger partial charge in [0.05, 0.1) is 39.0 Å². The van der Waals surface area contributed by atoms with Gasteiger partial charge in [0.25, 0.3) is 5.56 Å². The molecule has 1 N–H and O–H groups in total. The van der Waals surface area contributed by atoms with Crippen LogP contribution in [0, 0.1) is 0 Å². The van der Waals surface area contributed by atoms with Crippen LogP contribution in [0.3, 0.4) is 0 Å². The van der Waals surface area contributed by atoms with Crippen LogP contribution in [-0.4, -0.2) is 35.0 Å². The minimum Gasteiger partial charge on any atom is -0.478 e. The van der Waals surface area contributed by atoms with E-state index in [-0.39, 0.29) is 35.1 Å². The van der Waals surface area contributed by atoms with Crippen molar-refractivity contribution in [1.29, 1.82) is 0 Å². The third kappa shape index (κ3) is 4.72. The summed E-state index contributed by atoms with van der Waals surface area (Å²) >= 11 is 7.15. The van der Waals surface area contributed by atoms with Gasteiger partial charge in [-0.3, -0.25) is 9.36 Å². The standard InChI is InChI=1S/C29H21ClN2O8S/c1-3-37-28(36)24-14(2)31-29-32(25(24)16-5-8-21-22(11-16)39-13-38-21)26(33)23(41-29)12-17-6-9-20(40-17)15-4-7-19(30)18(10-15)27(34)35/h4-12,25H,3,13H2,1-2H3,(H,34,35)/b23-12-/t25-/m1/s1. The van der Waals surface area contributed by atoms with E-state index < -0.39 is 18.0 Å². The van der Waals surface area contributed by atoms with Gasteiger partial charge in [0.1, 0.15) is 11.5 Å². The first-order valence-electron chi connectivity index (χ1n) is 12.5. The monoisotopic (exact) mass is 592 g/mol. The van der Waals surface area contributed by atoms with Crippen molar-refractivity contribution in [3.8, 4) is 22.8 Å². The summed E-state index contributed by atoms with van der Waals surface area (Å²) in [5.41, 5.74) is 1.43. The number of fused-ring (bicyclic) bond motifs is 2. The molecule has 0 unspecified atom stereocenters. The number of furan rings is 1. The maximum absolute atomic E-state index is 13.8. The second-order valence-corrected chi connectivity index (χ2v) is 10.5. The molecule has 208 valence electrons. The van der Waals surface area contributed by atoms with Gasteiger partial charge in [-0.25, -0.2) is 14.6 Å². The first-order chi connectivity index (χ1) is 19.7. The Hall–Kier alpha value is -4.61. The third-order valence-electron chi connectivity index (χ3n) is 6.61. The van der Waals surface area contributed by atoms with Crippen LogP contribution >= 0.6 is 22.9 Å². The number of thiazole rings is 1. The molecule has 12 heteroatoms. The van der Waals surface area contributed by atoms with Crippen LogP contribution in [0.5, 0.6) is 11.5 Å². The number of aromatic carboxylic acids is 1. The summed E-state index contributed by atoms with van der Waals surface area (Å²) in [4.78, 5) is 43.4. The second kappa shape index (κ2) is 10.4. The number of esters is 1. The molecule has 41 heavy (non-hydrogen) atoms. The number of carbonyl (C=O) groups is 2. The normalized spacial score (nSPS) is 16.0. The van der Waals surface area contributed by atoms with E-state index in [9.17, 15) is 19.5 Å². The zero-order chi connectivity index (χ0) is 28.8. The number of rotatable bonds is 6. The molecule has 0 spiro atoms. The first-order valence-corrected chi connectivity index (χ1v) is 13.7. The number of benzene rings is 2. The summed E-state index contributed by atoms with van der Waals surface area (Å²) in [7, 11) is 0. The lowest BCUT2D eigenvalue weighted by Gasteiger charge is -2.24. The predicted octanol–water partition coefficient (Wildman–Crippen LogP) is 4.14. The molecule has 4 heterocycles. The number of hydrogen-bond acceptors (Lipinski definition) is 9. The van der Waals surface area contributed by atoms with Crippen molar-refractivity contribution in [2.24, 2.45) is 4.99 Å². The molecule has 0 aliphatic carbocycles.